The Kier molecular flexibility index (Phi) is 4.16. The number of hydrogen-bond acceptors (Lipinski definition) is 1. The zero-order valence-corrected chi connectivity index (χ0v) is 20.3. The first-order valence-electron chi connectivity index (χ1n) is 12.3. The maximum absolute atomic E-state index is 3.72. The molecule has 0 bridgehead atoms. The Bertz CT molecular complexity index is 2080. The summed E-state index contributed by atoms with van der Waals surface area (Å²) in [5.41, 5.74) is 7.43. The minimum atomic E-state index is 1.20. The average Bonchev–Trinajstić information content (AvgIpc) is 3.52. The van der Waals surface area contributed by atoms with Crippen molar-refractivity contribution in [3.63, 3.8) is 0 Å². The summed E-state index contributed by atoms with van der Waals surface area (Å²) >= 11 is 1.91. The summed E-state index contributed by atoms with van der Waals surface area (Å²) < 4.78 is 2.70. The standard InChI is InChI=1S/C34H21NS/c1-2-8-21(9-3-1)22-14-16-23(17-15-22)24-18-19-30-28(20-24)31-25-10-4-5-11-26(25)33-32(34(31)36-30)27-12-6-7-13-29(27)35-33/h1-20,35H. The summed E-state index contributed by atoms with van der Waals surface area (Å²) in [6, 6.07) is 44.0. The van der Waals surface area contributed by atoms with E-state index in [0.717, 1.165) is 0 Å². The summed E-state index contributed by atoms with van der Waals surface area (Å²) in [6.07, 6.45) is 0. The van der Waals surface area contributed by atoms with Gasteiger partial charge in [-0.15, -0.1) is 11.3 Å². The molecule has 1 N–H and O–H groups in total. The molecule has 0 aliphatic rings. The van der Waals surface area contributed by atoms with Crippen molar-refractivity contribution in [2.24, 2.45) is 0 Å². The molecule has 0 aliphatic carbocycles. The van der Waals surface area contributed by atoms with Gasteiger partial charge in [0, 0.05) is 41.8 Å². The third-order valence-electron chi connectivity index (χ3n) is 7.41. The first-order chi connectivity index (χ1) is 17.8. The van der Waals surface area contributed by atoms with Gasteiger partial charge in [0.15, 0.2) is 0 Å². The number of rotatable bonds is 2. The van der Waals surface area contributed by atoms with Crippen LogP contribution in [0.5, 0.6) is 0 Å². The summed E-state index contributed by atoms with van der Waals surface area (Å²) in [5, 5.41) is 7.94. The molecule has 0 aliphatic heterocycles. The van der Waals surface area contributed by atoms with Crippen molar-refractivity contribution < 1.29 is 0 Å². The molecule has 0 fully saturated rings. The lowest BCUT2D eigenvalue weighted by Gasteiger charge is -2.07. The Morgan fingerprint density at radius 1 is 0.444 bits per heavy atom. The lowest BCUT2D eigenvalue weighted by atomic mass is 9.97. The maximum atomic E-state index is 3.72. The minimum Gasteiger partial charge on any atom is -0.354 e. The number of aromatic amines is 1. The average molecular weight is 476 g/mol. The summed E-state index contributed by atoms with van der Waals surface area (Å²) in [7, 11) is 0. The van der Waals surface area contributed by atoms with Gasteiger partial charge in [-0.3, -0.25) is 0 Å². The van der Waals surface area contributed by atoms with Crippen LogP contribution in [0.25, 0.3) is 75.0 Å². The van der Waals surface area contributed by atoms with Gasteiger partial charge in [0.25, 0.3) is 0 Å². The van der Waals surface area contributed by atoms with Crippen molar-refractivity contribution in [3.05, 3.63) is 121 Å². The minimum absolute atomic E-state index is 1.20. The van der Waals surface area contributed by atoms with E-state index in [1.807, 2.05) is 11.3 Å². The molecule has 8 rings (SSSR count). The second-order valence-corrected chi connectivity index (χ2v) is 10.5. The van der Waals surface area contributed by atoms with Gasteiger partial charge >= 0.3 is 0 Å². The first kappa shape index (κ1) is 19.9. The van der Waals surface area contributed by atoms with Crippen LogP contribution >= 0.6 is 11.3 Å². The molecule has 36 heavy (non-hydrogen) atoms. The highest BCUT2D eigenvalue weighted by Crippen LogP contribution is 2.46. The van der Waals surface area contributed by atoms with Crippen LogP contribution in [0.2, 0.25) is 0 Å². The van der Waals surface area contributed by atoms with Crippen molar-refractivity contribution in [2.75, 3.05) is 0 Å². The first-order valence-corrected chi connectivity index (χ1v) is 13.1. The molecular formula is C34H21NS. The van der Waals surface area contributed by atoms with Crippen molar-refractivity contribution in [2.45, 2.75) is 0 Å². The van der Waals surface area contributed by atoms with Crippen molar-refractivity contribution in [1.82, 2.24) is 4.98 Å². The second kappa shape index (κ2) is 7.55. The van der Waals surface area contributed by atoms with Gasteiger partial charge in [0.2, 0.25) is 0 Å². The number of fused-ring (bicyclic) bond motifs is 10. The molecule has 0 spiro atoms. The molecule has 0 amide bonds. The summed E-state index contributed by atoms with van der Waals surface area (Å²) in [5.74, 6) is 0. The van der Waals surface area contributed by atoms with E-state index in [-0.39, 0.29) is 0 Å². The number of thiophene rings is 1. The van der Waals surface area contributed by atoms with Crippen LogP contribution in [0, 0.1) is 0 Å². The number of para-hydroxylation sites is 1. The Morgan fingerprint density at radius 3 is 1.86 bits per heavy atom. The molecule has 0 atom stereocenters. The van der Waals surface area contributed by atoms with E-state index in [0.29, 0.717) is 0 Å². The van der Waals surface area contributed by atoms with Gasteiger partial charge in [-0.25, -0.2) is 0 Å². The van der Waals surface area contributed by atoms with Gasteiger partial charge in [-0.05, 0) is 45.8 Å². The number of hydrogen-bond donors (Lipinski definition) is 1. The summed E-state index contributed by atoms with van der Waals surface area (Å²) in [6.45, 7) is 0. The molecule has 6 aromatic carbocycles. The molecule has 2 aromatic heterocycles. The van der Waals surface area contributed by atoms with Gasteiger partial charge in [-0.1, -0.05) is 103 Å². The molecule has 2 heterocycles. The number of H-pyrrole nitrogens is 1. The zero-order chi connectivity index (χ0) is 23.6. The van der Waals surface area contributed by atoms with E-state index in [9.17, 15) is 0 Å². The third kappa shape index (κ3) is 2.82. The van der Waals surface area contributed by atoms with Crippen LogP contribution in [-0.4, -0.2) is 4.98 Å². The van der Waals surface area contributed by atoms with E-state index in [1.165, 1.54) is 75.0 Å². The Labute approximate surface area is 212 Å². The van der Waals surface area contributed by atoms with Crippen molar-refractivity contribution in [3.8, 4) is 22.3 Å². The lowest BCUT2D eigenvalue weighted by Crippen LogP contribution is -1.81. The number of benzene rings is 6. The van der Waals surface area contributed by atoms with E-state index >= 15 is 0 Å². The molecule has 1 nitrogen and oxygen atoms in total. The van der Waals surface area contributed by atoms with Crippen LogP contribution in [0.15, 0.2) is 121 Å². The Hall–Kier alpha value is -4.40. The fourth-order valence-corrected chi connectivity index (χ4v) is 6.97. The van der Waals surface area contributed by atoms with Crippen molar-refractivity contribution in [1.29, 1.82) is 0 Å². The molecule has 168 valence electrons. The highest BCUT2D eigenvalue weighted by atomic mass is 32.1. The van der Waals surface area contributed by atoms with E-state index in [1.54, 1.807) is 0 Å². The predicted octanol–water partition coefficient (Wildman–Crippen LogP) is 10.2. The van der Waals surface area contributed by atoms with Crippen LogP contribution in [-0.2, 0) is 0 Å². The van der Waals surface area contributed by atoms with Crippen LogP contribution in [0.1, 0.15) is 0 Å². The van der Waals surface area contributed by atoms with E-state index < -0.39 is 0 Å². The van der Waals surface area contributed by atoms with Crippen LogP contribution < -0.4 is 0 Å². The highest BCUT2D eigenvalue weighted by molar-refractivity contribution is 7.27. The largest absolute Gasteiger partial charge is 0.354 e. The second-order valence-electron chi connectivity index (χ2n) is 9.43. The highest BCUT2D eigenvalue weighted by Gasteiger charge is 2.18. The smallest absolute Gasteiger partial charge is 0.0559 e. The number of aromatic nitrogens is 1. The van der Waals surface area contributed by atoms with Crippen LogP contribution in [0.3, 0.4) is 0 Å². The van der Waals surface area contributed by atoms with Gasteiger partial charge in [0.05, 0.1) is 5.52 Å². The molecule has 8 aromatic rings. The SMILES string of the molecule is c1ccc(-c2ccc(-c3ccc4sc5c(c4c3)c3ccccc3c3[nH]c4ccccc4c35)cc2)cc1. The maximum Gasteiger partial charge on any atom is 0.0559 e. The predicted molar refractivity (Wildman–Crippen MR) is 157 cm³/mol. The van der Waals surface area contributed by atoms with Crippen molar-refractivity contribution >= 4 is 64.1 Å². The molecular weight excluding hydrogens is 454 g/mol. The molecule has 0 saturated carbocycles. The molecule has 0 saturated heterocycles. The Morgan fingerprint density at radius 2 is 1.06 bits per heavy atom. The van der Waals surface area contributed by atoms with Gasteiger partial charge < -0.3 is 4.98 Å². The van der Waals surface area contributed by atoms with E-state index in [4.69, 9.17) is 0 Å². The molecule has 0 unspecified atom stereocenters. The fourth-order valence-electron chi connectivity index (χ4n) is 5.71. The van der Waals surface area contributed by atoms with Crippen LogP contribution in [0.4, 0.5) is 0 Å². The quantitative estimate of drug-likeness (QED) is 0.256. The fraction of sp³-hybridized carbons (Fsp3) is 0. The molecule has 0 radical (unpaired) electrons. The normalized spacial score (nSPS) is 11.9. The monoisotopic (exact) mass is 475 g/mol. The van der Waals surface area contributed by atoms with E-state index in [2.05, 4.69) is 126 Å². The zero-order valence-electron chi connectivity index (χ0n) is 19.5. The number of nitrogens with one attached hydrogen (secondary N) is 1. The third-order valence-corrected chi connectivity index (χ3v) is 8.60. The van der Waals surface area contributed by atoms with Gasteiger partial charge in [-0.2, -0.15) is 0 Å². The lowest BCUT2D eigenvalue weighted by molar-refractivity contribution is 1.57. The van der Waals surface area contributed by atoms with Gasteiger partial charge in [0.1, 0.15) is 0 Å². The summed E-state index contributed by atoms with van der Waals surface area (Å²) in [4.78, 5) is 3.72. The Balaban J connectivity index is 1.40. The molecule has 2 heteroatoms. The topological polar surface area (TPSA) is 15.8 Å².